The van der Waals surface area contributed by atoms with Crippen LogP contribution in [0.15, 0.2) is 0 Å². The highest BCUT2D eigenvalue weighted by molar-refractivity contribution is 6.43. The van der Waals surface area contributed by atoms with Crippen LogP contribution in [0.2, 0.25) is 0 Å². The van der Waals surface area contributed by atoms with Gasteiger partial charge >= 0.3 is 0 Å². The molecule has 9 heteroatoms. The summed E-state index contributed by atoms with van der Waals surface area (Å²) in [5.74, 6) is -4.88. The van der Waals surface area contributed by atoms with Crippen molar-refractivity contribution in [2.75, 3.05) is 6.61 Å². The number of carbonyl (C=O) groups is 3. The van der Waals surface area contributed by atoms with Gasteiger partial charge in [0.2, 0.25) is 5.92 Å². The summed E-state index contributed by atoms with van der Waals surface area (Å²) in [6.45, 7) is 4.96. The molecule has 0 spiro atoms. The van der Waals surface area contributed by atoms with Crippen molar-refractivity contribution >= 4 is 17.6 Å². The standard InChI is InChI=1S/C21H29F2N3O4/c1-12-15(18(29)24-13-7-8-21(22,23)10-13)14-6-4-5-9-26(14)16(12)17(28)19(30)25-20(2,3)11-27/h13,27H,4-11H2,1-3H3,(H,24,29)(H,25,30). The number of aliphatic hydroxyl groups excluding tert-OH is 1. The van der Waals surface area contributed by atoms with Crippen molar-refractivity contribution in [3.63, 3.8) is 0 Å². The van der Waals surface area contributed by atoms with Crippen LogP contribution >= 0.6 is 0 Å². The molecular formula is C21H29F2N3O4. The molecule has 1 unspecified atom stereocenters. The number of Topliss-reactive ketones (excluding diaryl/α,β-unsaturated/α-hetero) is 1. The SMILES string of the molecule is Cc1c(C(=O)NC2CCC(F)(F)C2)c2n(c1C(=O)C(=O)NC(C)(C)CO)CCCC2. The van der Waals surface area contributed by atoms with Crippen molar-refractivity contribution in [1.29, 1.82) is 0 Å². The highest BCUT2D eigenvalue weighted by Crippen LogP contribution is 2.35. The molecule has 1 aromatic heterocycles. The number of nitrogens with one attached hydrogen (secondary N) is 2. The van der Waals surface area contributed by atoms with E-state index >= 15 is 0 Å². The van der Waals surface area contributed by atoms with Gasteiger partial charge in [0.05, 0.1) is 23.4 Å². The van der Waals surface area contributed by atoms with E-state index in [1.54, 1.807) is 25.3 Å². The molecule has 1 aliphatic heterocycles. The molecule has 1 aliphatic carbocycles. The van der Waals surface area contributed by atoms with Gasteiger partial charge in [-0.15, -0.1) is 0 Å². The lowest BCUT2D eigenvalue weighted by Gasteiger charge is -2.23. The fraction of sp³-hybridized carbons (Fsp3) is 0.667. The molecular weight excluding hydrogens is 396 g/mol. The third-order valence-corrected chi connectivity index (χ3v) is 5.89. The molecule has 0 bridgehead atoms. The summed E-state index contributed by atoms with van der Waals surface area (Å²) in [4.78, 5) is 38.4. The van der Waals surface area contributed by atoms with Gasteiger partial charge in [0.1, 0.15) is 0 Å². The van der Waals surface area contributed by atoms with Gasteiger partial charge in [0.15, 0.2) is 0 Å². The van der Waals surface area contributed by atoms with Gasteiger partial charge in [-0.2, -0.15) is 0 Å². The minimum Gasteiger partial charge on any atom is -0.394 e. The fourth-order valence-corrected chi connectivity index (χ4v) is 4.31. The van der Waals surface area contributed by atoms with Crippen LogP contribution in [0.4, 0.5) is 8.78 Å². The number of halogens is 2. The number of rotatable bonds is 6. The van der Waals surface area contributed by atoms with Crippen molar-refractivity contribution < 1.29 is 28.3 Å². The van der Waals surface area contributed by atoms with Crippen molar-refractivity contribution in [3.05, 3.63) is 22.5 Å². The Morgan fingerprint density at radius 2 is 1.97 bits per heavy atom. The lowest BCUT2D eigenvalue weighted by atomic mass is 10.0. The third kappa shape index (κ3) is 4.40. The van der Waals surface area contributed by atoms with Crippen LogP contribution in [0, 0.1) is 6.92 Å². The van der Waals surface area contributed by atoms with Gasteiger partial charge in [-0.3, -0.25) is 14.4 Å². The normalized spacial score (nSPS) is 20.5. The summed E-state index contributed by atoms with van der Waals surface area (Å²) in [6.07, 6.45) is 1.77. The van der Waals surface area contributed by atoms with E-state index in [1.165, 1.54) is 0 Å². The van der Waals surface area contributed by atoms with Crippen molar-refractivity contribution in [3.8, 4) is 0 Å². The summed E-state index contributed by atoms with van der Waals surface area (Å²) in [5, 5.41) is 14.6. The molecule has 1 aromatic rings. The van der Waals surface area contributed by atoms with Gasteiger partial charge in [0.25, 0.3) is 17.6 Å². The molecule has 0 aromatic carbocycles. The number of ketones is 1. The van der Waals surface area contributed by atoms with E-state index in [1.807, 2.05) is 0 Å². The molecule has 2 amide bonds. The zero-order chi connectivity index (χ0) is 22.3. The van der Waals surface area contributed by atoms with Crippen LogP contribution < -0.4 is 10.6 Å². The molecule has 1 atom stereocenters. The quantitative estimate of drug-likeness (QED) is 0.480. The minimum atomic E-state index is -2.77. The second-order valence-corrected chi connectivity index (χ2v) is 9.00. The molecule has 1 saturated carbocycles. The molecule has 1 fully saturated rings. The van der Waals surface area contributed by atoms with Gasteiger partial charge in [-0.25, -0.2) is 8.78 Å². The van der Waals surface area contributed by atoms with E-state index in [9.17, 15) is 28.3 Å². The van der Waals surface area contributed by atoms with Crippen molar-refractivity contribution in [2.24, 2.45) is 0 Å². The summed E-state index contributed by atoms with van der Waals surface area (Å²) in [7, 11) is 0. The largest absolute Gasteiger partial charge is 0.394 e. The van der Waals surface area contributed by atoms with Crippen LogP contribution in [0.1, 0.15) is 78.1 Å². The molecule has 7 nitrogen and oxygen atoms in total. The summed E-state index contributed by atoms with van der Waals surface area (Å²) >= 11 is 0. The second kappa shape index (κ2) is 8.09. The Morgan fingerprint density at radius 3 is 2.57 bits per heavy atom. The molecule has 2 heterocycles. The average Bonchev–Trinajstić information content (AvgIpc) is 3.16. The Hall–Kier alpha value is -2.29. The maximum Gasteiger partial charge on any atom is 0.294 e. The molecule has 0 radical (unpaired) electrons. The number of aromatic nitrogens is 1. The Balaban J connectivity index is 1.91. The van der Waals surface area contributed by atoms with Crippen molar-refractivity contribution in [2.45, 2.75) is 83.3 Å². The maximum atomic E-state index is 13.5. The van der Waals surface area contributed by atoms with Crippen LogP contribution in [0.25, 0.3) is 0 Å². The Kier molecular flexibility index (Phi) is 6.04. The Labute approximate surface area is 174 Å². The Morgan fingerprint density at radius 1 is 1.27 bits per heavy atom. The lowest BCUT2D eigenvalue weighted by Crippen LogP contribution is -2.49. The highest BCUT2D eigenvalue weighted by atomic mass is 19.3. The second-order valence-electron chi connectivity index (χ2n) is 9.00. The minimum absolute atomic E-state index is 0.151. The lowest BCUT2D eigenvalue weighted by molar-refractivity contribution is -0.119. The summed E-state index contributed by atoms with van der Waals surface area (Å²) in [5.41, 5.74) is 0.543. The zero-order valence-corrected chi connectivity index (χ0v) is 17.6. The van der Waals surface area contributed by atoms with Gasteiger partial charge in [-0.05, 0) is 52.0 Å². The first-order chi connectivity index (χ1) is 14.0. The maximum absolute atomic E-state index is 13.5. The monoisotopic (exact) mass is 425 g/mol. The van der Waals surface area contributed by atoms with E-state index in [2.05, 4.69) is 10.6 Å². The van der Waals surface area contributed by atoms with E-state index in [0.717, 1.165) is 12.8 Å². The first-order valence-electron chi connectivity index (χ1n) is 10.3. The van der Waals surface area contributed by atoms with Crippen LogP contribution in [0.5, 0.6) is 0 Å². The van der Waals surface area contributed by atoms with E-state index in [0.29, 0.717) is 29.8 Å². The predicted octanol–water partition coefficient (Wildman–Crippen LogP) is 2.12. The number of carbonyl (C=O) groups excluding carboxylic acids is 3. The molecule has 166 valence electrons. The number of amides is 2. The van der Waals surface area contributed by atoms with Crippen molar-refractivity contribution in [1.82, 2.24) is 15.2 Å². The number of alkyl halides is 2. The van der Waals surface area contributed by atoms with E-state index in [4.69, 9.17) is 0 Å². The molecule has 3 rings (SSSR count). The number of hydrogen-bond acceptors (Lipinski definition) is 4. The van der Waals surface area contributed by atoms with Gasteiger partial charge < -0.3 is 20.3 Å². The molecule has 30 heavy (non-hydrogen) atoms. The fourth-order valence-electron chi connectivity index (χ4n) is 4.31. The zero-order valence-electron chi connectivity index (χ0n) is 17.6. The summed E-state index contributed by atoms with van der Waals surface area (Å²) in [6, 6.07) is -0.612. The predicted molar refractivity (Wildman–Crippen MR) is 106 cm³/mol. The number of hydrogen-bond donors (Lipinski definition) is 3. The van der Waals surface area contributed by atoms with Gasteiger partial charge in [-0.1, -0.05) is 0 Å². The molecule has 2 aliphatic rings. The smallest absolute Gasteiger partial charge is 0.294 e. The van der Waals surface area contributed by atoms with Gasteiger partial charge in [0, 0.05) is 31.1 Å². The number of aliphatic hydroxyl groups is 1. The van der Waals surface area contributed by atoms with Crippen LogP contribution in [0.3, 0.4) is 0 Å². The first kappa shape index (κ1) is 22.4. The topological polar surface area (TPSA) is 100 Å². The van der Waals surface area contributed by atoms with Crippen LogP contribution in [-0.4, -0.2) is 51.4 Å². The van der Waals surface area contributed by atoms with E-state index < -0.39 is 41.5 Å². The molecule has 3 N–H and O–H groups in total. The third-order valence-electron chi connectivity index (χ3n) is 5.89. The average molecular weight is 425 g/mol. The van der Waals surface area contributed by atoms with Crippen LogP contribution in [-0.2, 0) is 17.8 Å². The Bertz CT molecular complexity index is 876. The highest BCUT2D eigenvalue weighted by Gasteiger charge is 2.41. The number of nitrogens with zero attached hydrogens (tertiary/aromatic N) is 1. The molecule has 0 saturated heterocycles. The van der Waals surface area contributed by atoms with E-state index in [-0.39, 0.29) is 25.1 Å². The first-order valence-corrected chi connectivity index (χ1v) is 10.3. The summed E-state index contributed by atoms with van der Waals surface area (Å²) < 4.78 is 28.7. The number of fused-ring (bicyclic) bond motifs is 1.